The number of hydrogen-bond acceptors (Lipinski definition) is 2. The normalized spacial score (nSPS) is 19.6. The minimum atomic E-state index is -0.776. The second-order valence-electron chi connectivity index (χ2n) is 4.83. The Morgan fingerprint density at radius 3 is 2.71 bits per heavy atom. The Labute approximate surface area is 101 Å². The molecule has 2 nitrogen and oxygen atoms in total. The number of benzene rings is 1. The number of hydrogen-bond donors (Lipinski definition) is 1. The first kappa shape index (κ1) is 12.3. The molecule has 1 aromatic carbocycles. The van der Waals surface area contributed by atoms with Crippen LogP contribution in [0.1, 0.15) is 12.0 Å². The van der Waals surface area contributed by atoms with Crippen LogP contribution in [-0.4, -0.2) is 27.2 Å². The smallest absolute Gasteiger partial charge is 0.182 e. The van der Waals surface area contributed by atoms with Gasteiger partial charge in [0, 0.05) is 14.1 Å². The highest BCUT2D eigenvalue weighted by Crippen LogP contribution is 2.28. The summed E-state index contributed by atoms with van der Waals surface area (Å²) < 4.78 is 27.0. The number of rotatable bonds is 3. The van der Waals surface area contributed by atoms with Gasteiger partial charge in [-0.1, -0.05) is 6.07 Å². The number of anilines is 1. The number of nitrogens with one attached hydrogen (secondary N) is 1. The van der Waals surface area contributed by atoms with Gasteiger partial charge in [-0.05, 0) is 43.5 Å². The van der Waals surface area contributed by atoms with Gasteiger partial charge in [0.2, 0.25) is 0 Å². The fraction of sp³-hybridized carbons (Fsp3) is 0.538. The van der Waals surface area contributed by atoms with Gasteiger partial charge in [-0.2, -0.15) is 0 Å². The zero-order chi connectivity index (χ0) is 12.4. The van der Waals surface area contributed by atoms with E-state index in [0.29, 0.717) is 11.6 Å². The summed E-state index contributed by atoms with van der Waals surface area (Å²) in [6.45, 7) is 1.98. The summed E-state index contributed by atoms with van der Waals surface area (Å²) in [5, 5.41) is 3.29. The summed E-state index contributed by atoms with van der Waals surface area (Å²) in [4.78, 5) is 1.65. The molecule has 0 aromatic heterocycles. The van der Waals surface area contributed by atoms with Crippen LogP contribution in [0.3, 0.4) is 0 Å². The first-order valence-electron chi connectivity index (χ1n) is 5.94. The fourth-order valence-electron chi connectivity index (χ4n) is 2.43. The lowest BCUT2D eigenvalue weighted by Gasteiger charge is -2.20. The van der Waals surface area contributed by atoms with Crippen molar-refractivity contribution in [2.45, 2.75) is 12.8 Å². The molecule has 2 rings (SSSR count). The Bertz CT molecular complexity index is 399. The SMILES string of the molecule is CN(C)c1c(CC2CCNC2)ccc(F)c1F. The van der Waals surface area contributed by atoms with E-state index in [4.69, 9.17) is 0 Å². The zero-order valence-electron chi connectivity index (χ0n) is 10.3. The van der Waals surface area contributed by atoms with Crippen LogP contribution >= 0.6 is 0 Å². The Kier molecular flexibility index (Phi) is 3.62. The highest BCUT2D eigenvalue weighted by atomic mass is 19.2. The lowest BCUT2D eigenvalue weighted by atomic mass is 9.97. The second kappa shape index (κ2) is 5.00. The lowest BCUT2D eigenvalue weighted by molar-refractivity contribution is 0.504. The summed E-state index contributed by atoms with van der Waals surface area (Å²) >= 11 is 0. The average Bonchev–Trinajstić information content (AvgIpc) is 2.76. The Hall–Kier alpha value is -1.16. The van der Waals surface area contributed by atoms with Gasteiger partial charge in [0.1, 0.15) is 0 Å². The van der Waals surface area contributed by atoms with Gasteiger partial charge in [0.25, 0.3) is 0 Å². The van der Waals surface area contributed by atoms with Crippen LogP contribution in [0.5, 0.6) is 0 Å². The molecule has 0 bridgehead atoms. The topological polar surface area (TPSA) is 15.3 Å². The van der Waals surface area contributed by atoms with E-state index >= 15 is 0 Å². The molecule has 1 saturated heterocycles. The van der Waals surface area contributed by atoms with Crippen LogP contribution in [0.2, 0.25) is 0 Å². The first-order valence-corrected chi connectivity index (χ1v) is 5.94. The largest absolute Gasteiger partial charge is 0.375 e. The summed E-state index contributed by atoms with van der Waals surface area (Å²) in [6, 6.07) is 2.92. The molecule has 94 valence electrons. The Morgan fingerprint density at radius 2 is 2.12 bits per heavy atom. The third-order valence-corrected chi connectivity index (χ3v) is 3.27. The predicted octanol–water partition coefficient (Wildman–Crippen LogP) is 2.18. The van der Waals surface area contributed by atoms with Gasteiger partial charge in [-0.15, -0.1) is 0 Å². The molecule has 1 aromatic rings. The van der Waals surface area contributed by atoms with E-state index in [-0.39, 0.29) is 0 Å². The van der Waals surface area contributed by atoms with Crippen molar-refractivity contribution in [2.24, 2.45) is 5.92 Å². The molecule has 0 aliphatic carbocycles. The van der Waals surface area contributed by atoms with Gasteiger partial charge >= 0.3 is 0 Å². The van der Waals surface area contributed by atoms with Crippen LogP contribution in [0.4, 0.5) is 14.5 Å². The molecule has 0 amide bonds. The molecule has 1 aliphatic rings. The van der Waals surface area contributed by atoms with Crippen LogP contribution in [-0.2, 0) is 6.42 Å². The van der Waals surface area contributed by atoms with Gasteiger partial charge in [0.05, 0.1) is 5.69 Å². The summed E-state index contributed by atoms with van der Waals surface area (Å²) in [5.74, 6) is -0.987. The van der Waals surface area contributed by atoms with Crippen molar-refractivity contribution in [3.8, 4) is 0 Å². The van der Waals surface area contributed by atoms with Gasteiger partial charge in [-0.3, -0.25) is 0 Å². The van der Waals surface area contributed by atoms with E-state index in [0.717, 1.165) is 31.5 Å². The van der Waals surface area contributed by atoms with E-state index in [2.05, 4.69) is 5.32 Å². The minimum absolute atomic E-state index is 0.386. The van der Waals surface area contributed by atoms with Crippen molar-refractivity contribution >= 4 is 5.69 Å². The molecule has 1 heterocycles. The van der Waals surface area contributed by atoms with E-state index in [1.807, 2.05) is 0 Å². The van der Waals surface area contributed by atoms with Gasteiger partial charge in [-0.25, -0.2) is 8.78 Å². The maximum absolute atomic E-state index is 13.8. The third-order valence-electron chi connectivity index (χ3n) is 3.27. The highest BCUT2D eigenvalue weighted by Gasteiger charge is 2.20. The third kappa shape index (κ3) is 2.57. The maximum Gasteiger partial charge on any atom is 0.182 e. The zero-order valence-corrected chi connectivity index (χ0v) is 10.3. The molecular weight excluding hydrogens is 222 g/mol. The monoisotopic (exact) mass is 240 g/mol. The van der Waals surface area contributed by atoms with Crippen molar-refractivity contribution in [1.82, 2.24) is 5.32 Å². The predicted molar refractivity (Wildman–Crippen MR) is 65.4 cm³/mol. The lowest BCUT2D eigenvalue weighted by Crippen LogP contribution is -2.17. The van der Waals surface area contributed by atoms with E-state index in [1.54, 1.807) is 25.1 Å². The molecule has 0 radical (unpaired) electrons. The molecule has 1 N–H and O–H groups in total. The van der Waals surface area contributed by atoms with Gasteiger partial charge in [0.15, 0.2) is 11.6 Å². The summed E-state index contributed by atoms with van der Waals surface area (Å²) in [7, 11) is 3.49. The number of nitrogens with zero attached hydrogens (tertiary/aromatic N) is 1. The van der Waals surface area contributed by atoms with Crippen molar-refractivity contribution in [2.75, 3.05) is 32.1 Å². The molecule has 1 aliphatic heterocycles. The molecule has 4 heteroatoms. The Balaban J connectivity index is 2.28. The molecule has 1 atom stereocenters. The standard InChI is InChI=1S/C13H18F2N2/c1-17(2)13-10(3-4-11(14)12(13)15)7-9-5-6-16-8-9/h3-4,9,16H,5-8H2,1-2H3. The molecular formula is C13H18F2N2. The molecule has 0 spiro atoms. The second-order valence-corrected chi connectivity index (χ2v) is 4.83. The van der Waals surface area contributed by atoms with Crippen LogP contribution in [0.15, 0.2) is 12.1 Å². The number of halogens is 2. The minimum Gasteiger partial charge on any atom is -0.375 e. The molecule has 17 heavy (non-hydrogen) atoms. The van der Waals surface area contributed by atoms with E-state index in [9.17, 15) is 8.78 Å². The molecule has 1 unspecified atom stereocenters. The quantitative estimate of drug-likeness (QED) is 0.871. The maximum atomic E-state index is 13.8. The average molecular weight is 240 g/mol. The molecule has 0 saturated carbocycles. The Morgan fingerprint density at radius 1 is 1.35 bits per heavy atom. The van der Waals surface area contributed by atoms with E-state index in [1.165, 1.54) is 6.07 Å². The van der Waals surface area contributed by atoms with Crippen LogP contribution in [0, 0.1) is 17.6 Å². The summed E-state index contributed by atoms with van der Waals surface area (Å²) in [6.07, 6.45) is 1.91. The molecule has 1 fully saturated rings. The summed E-state index contributed by atoms with van der Waals surface area (Å²) in [5.41, 5.74) is 1.28. The van der Waals surface area contributed by atoms with Crippen molar-refractivity contribution in [3.05, 3.63) is 29.3 Å². The van der Waals surface area contributed by atoms with Crippen LogP contribution < -0.4 is 10.2 Å². The fourth-order valence-corrected chi connectivity index (χ4v) is 2.43. The van der Waals surface area contributed by atoms with E-state index < -0.39 is 11.6 Å². The highest BCUT2D eigenvalue weighted by molar-refractivity contribution is 5.54. The van der Waals surface area contributed by atoms with Crippen molar-refractivity contribution < 1.29 is 8.78 Å². The van der Waals surface area contributed by atoms with Crippen molar-refractivity contribution in [3.63, 3.8) is 0 Å². The van der Waals surface area contributed by atoms with Crippen LogP contribution in [0.25, 0.3) is 0 Å². The first-order chi connectivity index (χ1) is 8.09. The van der Waals surface area contributed by atoms with Gasteiger partial charge < -0.3 is 10.2 Å². The van der Waals surface area contributed by atoms with Crippen molar-refractivity contribution in [1.29, 1.82) is 0 Å².